The Morgan fingerprint density at radius 3 is 2.59 bits per heavy atom. The molecule has 3 N–H and O–H groups in total. The van der Waals surface area contributed by atoms with Gasteiger partial charge in [-0.25, -0.2) is 4.79 Å². The van der Waals surface area contributed by atoms with Gasteiger partial charge in [0, 0.05) is 18.0 Å². The zero-order chi connectivity index (χ0) is 12.9. The first kappa shape index (κ1) is 14.3. The van der Waals surface area contributed by atoms with Crippen molar-refractivity contribution in [3.05, 3.63) is 0 Å². The number of amides is 2. The average Bonchev–Trinajstić information content (AvgIpc) is 3.04. The van der Waals surface area contributed by atoms with Gasteiger partial charge in [-0.1, -0.05) is 0 Å². The fourth-order valence-corrected chi connectivity index (χ4v) is 1.63. The van der Waals surface area contributed by atoms with Crippen molar-refractivity contribution in [3.8, 4) is 0 Å². The van der Waals surface area contributed by atoms with Crippen molar-refractivity contribution in [2.24, 2.45) is 5.41 Å². The van der Waals surface area contributed by atoms with Crippen LogP contribution in [0, 0.1) is 5.41 Å². The van der Waals surface area contributed by atoms with Gasteiger partial charge in [0.1, 0.15) is 0 Å². The molecule has 0 spiro atoms. The number of nitrogens with one attached hydrogen (secondary N) is 2. The summed E-state index contributed by atoms with van der Waals surface area (Å²) in [5.74, 6) is 0. The van der Waals surface area contributed by atoms with Gasteiger partial charge in [-0.05, 0) is 46.8 Å². The van der Waals surface area contributed by atoms with Crippen molar-refractivity contribution >= 4 is 6.03 Å². The summed E-state index contributed by atoms with van der Waals surface area (Å²) < 4.78 is 0. The fraction of sp³-hybridized carbons (Fsp3) is 0.917. The number of rotatable bonds is 7. The Bertz CT molecular complexity index is 252. The predicted molar refractivity (Wildman–Crippen MR) is 67.9 cm³/mol. The van der Waals surface area contributed by atoms with E-state index in [1.165, 1.54) is 0 Å². The molecule has 0 aromatic carbocycles. The minimum atomic E-state index is -0.129. The SMILES string of the molecule is CC(CCN(C)C)NC(=O)NCC1(CO)CC1. The van der Waals surface area contributed by atoms with Gasteiger partial charge >= 0.3 is 6.03 Å². The van der Waals surface area contributed by atoms with Crippen molar-refractivity contribution < 1.29 is 9.90 Å². The second kappa shape index (κ2) is 6.21. The average molecular weight is 243 g/mol. The number of aliphatic hydroxyl groups excluding tert-OH is 1. The van der Waals surface area contributed by atoms with E-state index in [1.807, 2.05) is 21.0 Å². The normalized spacial score (nSPS) is 18.9. The molecule has 0 aliphatic heterocycles. The lowest BCUT2D eigenvalue weighted by atomic mass is 10.1. The summed E-state index contributed by atoms with van der Waals surface area (Å²) >= 11 is 0. The zero-order valence-electron chi connectivity index (χ0n) is 11.1. The van der Waals surface area contributed by atoms with Gasteiger partial charge in [-0.15, -0.1) is 0 Å². The van der Waals surface area contributed by atoms with Gasteiger partial charge in [-0.3, -0.25) is 0 Å². The predicted octanol–water partition coefficient (Wildman–Crippen LogP) is 0.398. The highest BCUT2D eigenvalue weighted by atomic mass is 16.3. The molecule has 1 aliphatic carbocycles. The van der Waals surface area contributed by atoms with Gasteiger partial charge in [0.05, 0.1) is 6.61 Å². The monoisotopic (exact) mass is 243 g/mol. The molecular formula is C12H25N3O2. The Kier molecular flexibility index (Phi) is 5.21. The molecule has 1 aliphatic rings. The number of hydrogen-bond acceptors (Lipinski definition) is 3. The van der Waals surface area contributed by atoms with Crippen LogP contribution in [0.3, 0.4) is 0 Å². The van der Waals surface area contributed by atoms with E-state index in [0.717, 1.165) is 25.8 Å². The van der Waals surface area contributed by atoms with Crippen molar-refractivity contribution in [3.63, 3.8) is 0 Å². The van der Waals surface area contributed by atoms with Gasteiger partial charge in [0.15, 0.2) is 0 Å². The van der Waals surface area contributed by atoms with E-state index in [9.17, 15) is 4.79 Å². The molecule has 1 unspecified atom stereocenters. The number of hydrogen-bond donors (Lipinski definition) is 3. The molecular weight excluding hydrogens is 218 g/mol. The summed E-state index contributed by atoms with van der Waals surface area (Å²) in [4.78, 5) is 13.7. The molecule has 1 atom stereocenters. The van der Waals surface area contributed by atoms with Gasteiger partial charge in [0.2, 0.25) is 0 Å². The van der Waals surface area contributed by atoms with E-state index in [4.69, 9.17) is 5.11 Å². The Labute approximate surface area is 104 Å². The van der Waals surface area contributed by atoms with E-state index in [2.05, 4.69) is 15.5 Å². The van der Waals surface area contributed by atoms with Crippen molar-refractivity contribution in [2.45, 2.75) is 32.2 Å². The molecule has 100 valence electrons. The first-order valence-corrected chi connectivity index (χ1v) is 6.27. The minimum Gasteiger partial charge on any atom is -0.396 e. The van der Waals surface area contributed by atoms with Gasteiger partial charge in [0.25, 0.3) is 0 Å². The standard InChI is InChI=1S/C12H25N3O2/c1-10(4-7-15(2)3)14-11(17)13-8-12(9-16)5-6-12/h10,16H,4-9H2,1-3H3,(H2,13,14,17). The van der Waals surface area contributed by atoms with E-state index in [-0.39, 0.29) is 24.1 Å². The topological polar surface area (TPSA) is 64.6 Å². The molecule has 2 amide bonds. The summed E-state index contributed by atoms with van der Waals surface area (Å²) in [5, 5.41) is 14.9. The second-order valence-electron chi connectivity index (χ2n) is 5.48. The maximum Gasteiger partial charge on any atom is 0.315 e. The highest BCUT2D eigenvalue weighted by Crippen LogP contribution is 2.44. The molecule has 5 nitrogen and oxygen atoms in total. The molecule has 0 aromatic heterocycles. The van der Waals surface area contributed by atoms with E-state index >= 15 is 0 Å². The van der Waals surface area contributed by atoms with E-state index in [0.29, 0.717) is 6.54 Å². The first-order valence-electron chi connectivity index (χ1n) is 6.27. The largest absolute Gasteiger partial charge is 0.396 e. The smallest absolute Gasteiger partial charge is 0.315 e. The van der Waals surface area contributed by atoms with Gasteiger partial charge < -0.3 is 20.6 Å². The molecule has 0 bridgehead atoms. The summed E-state index contributed by atoms with van der Waals surface area (Å²) in [5.41, 5.74) is -0.0236. The lowest BCUT2D eigenvalue weighted by molar-refractivity contribution is 0.201. The molecule has 1 saturated carbocycles. The van der Waals surface area contributed by atoms with Crippen molar-refractivity contribution in [1.29, 1.82) is 0 Å². The zero-order valence-corrected chi connectivity index (χ0v) is 11.1. The van der Waals surface area contributed by atoms with Crippen LogP contribution in [-0.2, 0) is 0 Å². The van der Waals surface area contributed by atoms with Crippen LogP contribution >= 0.6 is 0 Å². The highest BCUT2D eigenvalue weighted by molar-refractivity contribution is 5.74. The lowest BCUT2D eigenvalue weighted by Gasteiger charge is -2.18. The second-order valence-corrected chi connectivity index (χ2v) is 5.48. The van der Waals surface area contributed by atoms with Crippen LogP contribution in [0.15, 0.2) is 0 Å². The molecule has 0 heterocycles. The summed E-state index contributed by atoms with van der Waals surface area (Å²) in [6, 6.07) is 0.0395. The fourth-order valence-electron chi connectivity index (χ4n) is 1.63. The van der Waals surface area contributed by atoms with Crippen LogP contribution in [-0.4, -0.2) is 55.9 Å². The van der Waals surface area contributed by atoms with Crippen LogP contribution in [0.5, 0.6) is 0 Å². The van der Waals surface area contributed by atoms with E-state index in [1.54, 1.807) is 0 Å². The number of carbonyl (C=O) groups is 1. The maximum absolute atomic E-state index is 11.6. The van der Waals surface area contributed by atoms with E-state index < -0.39 is 0 Å². The third-order valence-corrected chi connectivity index (χ3v) is 3.30. The van der Waals surface area contributed by atoms with Crippen LogP contribution in [0.1, 0.15) is 26.2 Å². The van der Waals surface area contributed by atoms with Gasteiger partial charge in [-0.2, -0.15) is 0 Å². The van der Waals surface area contributed by atoms with Crippen LogP contribution in [0.25, 0.3) is 0 Å². The van der Waals surface area contributed by atoms with Crippen LogP contribution in [0.4, 0.5) is 4.79 Å². The lowest BCUT2D eigenvalue weighted by Crippen LogP contribution is -2.44. The summed E-state index contributed by atoms with van der Waals surface area (Å²) in [6.07, 6.45) is 2.96. The third-order valence-electron chi connectivity index (χ3n) is 3.30. The Morgan fingerprint density at radius 1 is 1.47 bits per heavy atom. The van der Waals surface area contributed by atoms with Crippen LogP contribution in [0.2, 0.25) is 0 Å². The molecule has 1 rings (SSSR count). The Hall–Kier alpha value is -0.810. The minimum absolute atomic E-state index is 0.0236. The molecule has 5 heteroatoms. The molecule has 0 saturated heterocycles. The summed E-state index contributed by atoms with van der Waals surface area (Å²) in [7, 11) is 4.04. The first-order chi connectivity index (χ1) is 7.97. The Balaban J connectivity index is 2.11. The molecule has 17 heavy (non-hydrogen) atoms. The van der Waals surface area contributed by atoms with Crippen molar-refractivity contribution in [2.75, 3.05) is 33.8 Å². The number of urea groups is 1. The van der Waals surface area contributed by atoms with Crippen LogP contribution < -0.4 is 10.6 Å². The maximum atomic E-state index is 11.6. The highest BCUT2D eigenvalue weighted by Gasteiger charge is 2.42. The quantitative estimate of drug-likeness (QED) is 0.606. The number of aliphatic hydroxyl groups is 1. The molecule has 0 radical (unpaired) electrons. The Morgan fingerprint density at radius 2 is 2.12 bits per heavy atom. The summed E-state index contributed by atoms with van der Waals surface area (Å²) in [6.45, 7) is 3.71. The van der Waals surface area contributed by atoms with Crippen molar-refractivity contribution in [1.82, 2.24) is 15.5 Å². The molecule has 0 aromatic rings. The number of nitrogens with zero attached hydrogens (tertiary/aromatic N) is 1. The number of carbonyl (C=O) groups excluding carboxylic acids is 1. The molecule has 1 fully saturated rings. The third kappa shape index (κ3) is 5.37.